The molecule has 3 rings (SSSR count). The lowest BCUT2D eigenvalue weighted by atomic mass is 9.88. The highest BCUT2D eigenvalue weighted by molar-refractivity contribution is 5.86. The van der Waals surface area contributed by atoms with Crippen LogP contribution < -0.4 is 5.32 Å². The van der Waals surface area contributed by atoms with Crippen LogP contribution in [0.3, 0.4) is 0 Å². The van der Waals surface area contributed by atoms with Crippen molar-refractivity contribution in [3.05, 3.63) is 42.1 Å². The normalized spacial score (nSPS) is 23.3. The van der Waals surface area contributed by atoms with Crippen LogP contribution in [0.2, 0.25) is 0 Å². The zero-order valence-electron chi connectivity index (χ0n) is 10.4. The molecule has 1 amide bonds. The van der Waals surface area contributed by atoms with Crippen molar-refractivity contribution >= 4 is 16.8 Å². The van der Waals surface area contributed by atoms with Crippen molar-refractivity contribution in [2.75, 3.05) is 0 Å². The van der Waals surface area contributed by atoms with Crippen LogP contribution in [0.1, 0.15) is 31.2 Å². The van der Waals surface area contributed by atoms with Gasteiger partial charge in [0.25, 0.3) is 0 Å². The second kappa shape index (κ2) is 4.41. The van der Waals surface area contributed by atoms with Crippen molar-refractivity contribution in [1.82, 2.24) is 10.3 Å². The van der Waals surface area contributed by atoms with Gasteiger partial charge in [0.15, 0.2) is 0 Å². The van der Waals surface area contributed by atoms with E-state index < -0.39 is 0 Å². The zero-order chi connectivity index (χ0) is 12.5. The highest BCUT2D eigenvalue weighted by atomic mass is 16.2. The predicted molar refractivity (Wildman–Crippen MR) is 71.3 cm³/mol. The summed E-state index contributed by atoms with van der Waals surface area (Å²) in [5, 5.41) is 4.22. The van der Waals surface area contributed by atoms with Gasteiger partial charge in [-0.05, 0) is 24.1 Å². The summed E-state index contributed by atoms with van der Waals surface area (Å²) in [5.74, 6) is 0.433. The van der Waals surface area contributed by atoms with Gasteiger partial charge in [0.05, 0.1) is 5.52 Å². The van der Waals surface area contributed by atoms with Crippen molar-refractivity contribution in [3.8, 4) is 0 Å². The number of rotatable bonds is 2. The Labute approximate surface area is 106 Å². The van der Waals surface area contributed by atoms with Crippen molar-refractivity contribution in [2.24, 2.45) is 0 Å². The molecule has 1 fully saturated rings. The highest BCUT2D eigenvalue weighted by Gasteiger charge is 2.32. The van der Waals surface area contributed by atoms with E-state index in [0.29, 0.717) is 6.42 Å². The van der Waals surface area contributed by atoms with E-state index in [4.69, 9.17) is 0 Å². The van der Waals surface area contributed by atoms with E-state index in [1.165, 1.54) is 10.9 Å². The van der Waals surface area contributed by atoms with Crippen LogP contribution in [0.5, 0.6) is 0 Å². The number of nitrogens with zero attached hydrogens (tertiary/aromatic N) is 1. The molecule has 0 saturated carbocycles. The highest BCUT2D eigenvalue weighted by Crippen LogP contribution is 2.33. The fourth-order valence-corrected chi connectivity index (χ4v) is 2.86. The summed E-state index contributed by atoms with van der Waals surface area (Å²) in [7, 11) is 0. The lowest BCUT2D eigenvalue weighted by Gasteiger charge is -2.18. The molecule has 0 radical (unpaired) electrons. The van der Waals surface area contributed by atoms with Gasteiger partial charge in [0.1, 0.15) is 0 Å². The minimum Gasteiger partial charge on any atom is -0.353 e. The number of fused-ring (bicyclic) bond motifs is 1. The predicted octanol–water partition coefficient (Wildman–Crippen LogP) is 2.62. The fraction of sp³-hybridized carbons (Fsp3) is 0.333. The molecule has 2 atom stereocenters. The molecule has 3 nitrogen and oxygen atoms in total. The Kier molecular flexibility index (Phi) is 2.74. The number of benzene rings is 1. The standard InChI is InChI=1S/C15H16N2O/c1-2-13-12(9-15(18)17-13)10-7-8-16-14-6-4-3-5-11(10)14/h3-8,12-13H,2,9H2,1H3,(H,17,18). The number of carbonyl (C=O) groups excluding carboxylic acids is 1. The third-order valence-corrected chi connectivity index (χ3v) is 3.76. The Balaban J connectivity index is 2.11. The third kappa shape index (κ3) is 1.76. The Bertz CT molecular complexity index is 589. The molecule has 0 spiro atoms. The Morgan fingerprint density at radius 1 is 1.33 bits per heavy atom. The van der Waals surface area contributed by atoms with E-state index in [1.54, 1.807) is 0 Å². The van der Waals surface area contributed by atoms with Crippen LogP contribution in [0.4, 0.5) is 0 Å². The summed E-state index contributed by atoms with van der Waals surface area (Å²) in [6.07, 6.45) is 3.40. The molecule has 1 N–H and O–H groups in total. The quantitative estimate of drug-likeness (QED) is 0.876. The second-order valence-corrected chi connectivity index (χ2v) is 4.81. The molecule has 3 heteroatoms. The molecule has 1 saturated heterocycles. The minimum atomic E-state index is 0.160. The molecule has 1 aliphatic heterocycles. The van der Waals surface area contributed by atoms with Gasteiger partial charge in [0.2, 0.25) is 5.91 Å². The number of para-hydroxylation sites is 1. The van der Waals surface area contributed by atoms with Gasteiger partial charge in [-0.3, -0.25) is 9.78 Å². The molecule has 1 aromatic heterocycles. The Morgan fingerprint density at radius 2 is 2.17 bits per heavy atom. The van der Waals surface area contributed by atoms with E-state index in [9.17, 15) is 4.79 Å². The van der Waals surface area contributed by atoms with Crippen LogP contribution >= 0.6 is 0 Å². The Hall–Kier alpha value is -1.90. The summed E-state index contributed by atoms with van der Waals surface area (Å²) in [5.41, 5.74) is 2.25. The first-order valence-electron chi connectivity index (χ1n) is 6.42. The molecule has 18 heavy (non-hydrogen) atoms. The van der Waals surface area contributed by atoms with Crippen molar-refractivity contribution in [3.63, 3.8) is 0 Å². The van der Waals surface area contributed by atoms with Gasteiger partial charge in [0, 0.05) is 30.0 Å². The zero-order valence-corrected chi connectivity index (χ0v) is 10.4. The van der Waals surface area contributed by atoms with Crippen molar-refractivity contribution < 1.29 is 4.79 Å². The molecular weight excluding hydrogens is 224 g/mol. The van der Waals surface area contributed by atoms with Crippen LogP contribution in [0, 0.1) is 0 Å². The van der Waals surface area contributed by atoms with E-state index >= 15 is 0 Å². The molecule has 0 aliphatic carbocycles. The summed E-state index contributed by atoms with van der Waals surface area (Å²) < 4.78 is 0. The molecule has 0 bridgehead atoms. The lowest BCUT2D eigenvalue weighted by Crippen LogP contribution is -2.27. The van der Waals surface area contributed by atoms with Crippen LogP contribution in [-0.2, 0) is 4.79 Å². The molecule has 92 valence electrons. The maximum Gasteiger partial charge on any atom is 0.220 e. The van der Waals surface area contributed by atoms with E-state index in [0.717, 1.165) is 11.9 Å². The minimum absolute atomic E-state index is 0.160. The maximum atomic E-state index is 11.6. The largest absolute Gasteiger partial charge is 0.353 e. The first-order valence-corrected chi connectivity index (χ1v) is 6.42. The van der Waals surface area contributed by atoms with Crippen molar-refractivity contribution in [1.29, 1.82) is 0 Å². The molecule has 2 heterocycles. The number of pyridine rings is 1. The summed E-state index contributed by atoms with van der Waals surface area (Å²) in [4.78, 5) is 16.0. The van der Waals surface area contributed by atoms with Gasteiger partial charge < -0.3 is 5.32 Å². The summed E-state index contributed by atoms with van der Waals surface area (Å²) in [6, 6.07) is 10.4. The second-order valence-electron chi connectivity index (χ2n) is 4.81. The number of aromatic nitrogens is 1. The number of carbonyl (C=O) groups is 1. The fourth-order valence-electron chi connectivity index (χ4n) is 2.86. The van der Waals surface area contributed by atoms with Gasteiger partial charge in [-0.1, -0.05) is 25.1 Å². The molecule has 2 unspecified atom stereocenters. The van der Waals surface area contributed by atoms with Crippen LogP contribution in [-0.4, -0.2) is 16.9 Å². The number of nitrogens with one attached hydrogen (secondary N) is 1. The average Bonchev–Trinajstić information content (AvgIpc) is 2.79. The van der Waals surface area contributed by atoms with E-state index in [1.807, 2.05) is 24.4 Å². The number of hydrogen-bond donors (Lipinski definition) is 1. The van der Waals surface area contributed by atoms with E-state index in [2.05, 4.69) is 29.4 Å². The third-order valence-electron chi connectivity index (χ3n) is 3.76. The lowest BCUT2D eigenvalue weighted by molar-refractivity contribution is -0.119. The average molecular weight is 240 g/mol. The first-order chi connectivity index (χ1) is 8.79. The molecule has 1 aromatic carbocycles. The summed E-state index contributed by atoms with van der Waals surface area (Å²) >= 11 is 0. The first kappa shape index (κ1) is 11.2. The van der Waals surface area contributed by atoms with Gasteiger partial charge in [-0.15, -0.1) is 0 Å². The van der Waals surface area contributed by atoms with Gasteiger partial charge in [-0.25, -0.2) is 0 Å². The van der Waals surface area contributed by atoms with Crippen LogP contribution in [0.15, 0.2) is 36.5 Å². The monoisotopic (exact) mass is 240 g/mol. The SMILES string of the molecule is CCC1NC(=O)CC1c1ccnc2ccccc12. The molecular formula is C15H16N2O. The smallest absolute Gasteiger partial charge is 0.220 e. The molecule has 1 aliphatic rings. The topological polar surface area (TPSA) is 42.0 Å². The van der Waals surface area contributed by atoms with Crippen molar-refractivity contribution in [2.45, 2.75) is 31.7 Å². The number of hydrogen-bond acceptors (Lipinski definition) is 2. The van der Waals surface area contributed by atoms with Gasteiger partial charge in [-0.2, -0.15) is 0 Å². The molecule has 2 aromatic rings. The number of amides is 1. The maximum absolute atomic E-state index is 11.6. The summed E-state index contributed by atoms with van der Waals surface area (Å²) in [6.45, 7) is 2.12. The van der Waals surface area contributed by atoms with Crippen LogP contribution in [0.25, 0.3) is 10.9 Å². The van der Waals surface area contributed by atoms with Gasteiger partial charge >= 0.3 is 0 Å². The Morgan fingerprint density at radius 3 is 3.00 bits per heavy atom. The van der Waals surface area contributed by atoms with E-state index in [-0.39, 0.29) is 17.9 Å².